The van der Waals surface area contributed by atoms with Gasteiger partial charge in [-0.2, -0.15) is 0 Å². The van der Waals surface area contributed by atoms with Crippen LogP contribution in [0.1, 0.15) is 49.4 Å². The lowest BCUT2D eigenvalue weighted by Gasteiger charge is -2.48. The van der Waals surface area contributed by atoms with E-state index in [0.29, 0.717) is 16.5 Å². The van der Waals surface area contributed by atoms with Crippen molar-refractivity contribution in [3.63, 3.8) is 0 Å². The van der Waals surface area contributed by atoms with E-state index in [2.05, 4.69) is 32.1 Å². The molecule has 1 amide bonds. The SMILES string of the molecule is CC(c1ccccc1)N1C(=O)CC[C@]2(C)C1=CCc1cc(Cl)c(Cl)cc12. The Kier molecular flexibility index (Phi) is 4.37. The van der Waals surface area contributed by atoms with Crippen LogP contribution in [0.25, 0.3) is 0 Å². The summed E-state index contributed by atoms with van der Waals surface area (Å²) >= 11 is 12.6. The number of carbonyl (C=O) groups is 1. The van der Waals surface area contributed by atoms with Crippen LogP contribution < -0.4 is 0 Å². The highest BCUT2D eigenvalue weighted by Gasteiger charge is 2.45. The lowest BCUT2D eigenvalue weighted by Crippen LogP contribution is -2.47. The van der Waals surface area contributed by atoms with Crippen molar-refractivity contribution < 1.29 is 4.79 Å². The largest absolute Gasteiger partial charge is 0.308 e. The Morgan fingerprint density at radius 3 is 2.54 bits per heavy atom. The highest BCUT2D eigenvalue weighted by molar-refractivity contribution is 6.42. The summed E-state index contributed by atoms with van der Waals surface area (Å²) in [6.07, 6.45) is 4.29. The fourth-order valence-electron chi connectivity index (χ4n) is 4.38. The first-order valence-electron chi connectivity index (χ1n) is 8.98. The number of carbonyl (C=O) groups excluding carboxylic acids is 1. The topological polar surface area (TPSA) is 20.3 Å². The zero-order valence-electron chi connectivity index (χ0n) is 14.9. The molecule has 0 saturated carbocycles. The molecular weight excluding hydrogens is 365 g/mol. The fraction of sp³-hybridized carbons (Fsp3) is 0.318. The van der Waals surface area contributed by atoms with E-state index in [-0.39, 0.29) is 17.4 Å². The molecule has 4 rings (SSSR count). The van der Waals surface area contributed by atoms with E-state index < -0.39 is 0 Å². The predicted molar refractivity (Wildman–Crippen MR) is 107 cm³/mol. The zero-order chi connectivity index (χ0) is 18.5. The van der Waals surface area contributed by atoms with Crippen LogP contribution in [-0.4, -0.2) is 10.8 Å². The molecule has 1 heterocycles. The van der Waals surface area contributed by atoms with Crippen LogP contribution in [0.15, 0.2) is 54.2 Å². The van der Waals surface area contributed by atoms with Gasteiger partial charge in [-0.15, -0.1) is 0 Å². The summed E-state index contributed by atoms with van der Waals surface area (Å²) in [6.45, 7) is 4.32. The minimum atomic E-state index is -0.223. The normalized spacial score (nSPS) is 23.2. The van der Waals surface area contributed by atoms with Crippen molar-refractivity contribution >= 4 is 29.1 Å². The molecule has 4 heteroatoms. The second-order valence-electron chi connectivity index (χ2n) is 7.40. The first-order valence-corrected chi connectivity index (χ1v) is 9.73. The van der Waals surface area contributed by atoms with Gasteiger partial charge in [-0.25, -0.2) is 0 Å². The van der Waals surface area contributed by atoms with Gasteiger partial charge in [0.15, 0.2) is 0 Å². The van der Waals surface area contributed by atoms with Gasteiger partial charge in [0.1, 0.15) is 0 Å². The number of amides is 1. The van der Waals surface area contributed by atoms with Crippen molar-refractivity contribution in [1.82, 2.24) is 4.90 Å². The number of hydrogen-bond acceptors (Lipinski definition) is 1. The molecule has 1 aliphatic heterocycles. The third-order valence-electron chi connectivity index (χ3n) is 5.86. The summed E-state index contributed by atoms with van der Waals surface area (Å²) in [6, 6.07) is 14.2. The monoisotopic (exact) mass is 385 g/mol. The molecule has 134 valence electrons. The van der Waals surface area contributed by atoms with E-state index >= 15 is 0 Å². The zero-order valence-corrected chi connectivity index (χ0v) is 16.4. The molecule has 1 fully saturated rings. The fourth-order valence-corrected chi connectivity index (χ4v) is 4.73. The van der Waals surface area contributed by atoms with E-state index in [1.54, 1.807) is 0 Å². The summed E-state index contributed by atoms with van der Waals surface area (Å²) in [5.41, 5.74) is 4.41. The second kappa shape index (κ2) is 6.44. The molecule has 26 heavy (non-hydrogen) atoms. The summed E-state index contributed by atoms with van der Waals surface area (Å²) in [5, 5.41) is 1.17. The minimum Gasteiger partial charge on any atom is -0.308 e. The van der Waals surface area contributed by atoms with Gasteiger partial charge in [-0.05, 0) is 55.5 Å². The Morgan fingerprint density at radius 2 is 1.81 bits per heavy atom. The van der Waals surface area contributed by atoms with Crippen molar-refractivity contribution in [2.24, 2.45) is 0 Å². The average Bonchev–Trinajstić information content (AvgIpc) is 2.64. The molecule has 0 radical (unpaired) electrons. The maximum atomic E-state index is 12.9. The third-order valence-corrected chi connectivity index (χ3v) is 6.58. The van der Waals surface area contributed by atoms with Crippen molar-refractivity contribution in [3.8, 4) is 0 Å². The lowest BCUT2D eigenvalue weighted by atomic mass is 9.67. The molecule has 0 N–H and O–H groups in total. The number of hydrogen-bond donors (Lipinski definition) is 0. The molecule has 2 aliphatic rings. The average molecular weight is 386 g/mol. The number of fused-ring (bicyclic) bond motifs is 3. The van der Waals surface area contributed by atoms with E-state index in [4.69, 9.17) is 23.2 Å². The number of piperidine rings is 1. The molecule has 0 bridgehead atoms. The van der Waals surface area contributed by atoms with Gasteiger partial charge >= 0.3 is 0 Å². The molecule has 1 aliphatic carbocycles. The number of halogens is 2. The summed E-state index contributed by atoms with van der Waals surface area (Å²) in [5.74, 6) is 0.189. The van der Waals surface area contributed by atoms with E-state index in [0.717, 1.165) is 24.1 Å². The van der Waals surface area contributed by atoms with E-state index in [1.807, 2.05) is 35.2 Å². The van der Waals surface area contributed by atoms with Crippen LogP contribution in [0, 0.1) is 0 Å². The molecule has 2 atom stereocenters. The number of allylic oxidation sites excluding steroid dienone is 2. The summed E-state index contributed by atoms with van der Waals surface area (Å²) in [7, 11) is 0. The predicted octanol–water partition coefficient (Wildman–Crippen LogP) is 6.07. The van der Waals surface area contributed by atoms with Crippen molar-refractivity contribution in [2.75, 3.05) is 0 Å². The molecule has 0 aromatic heterocycles. The maximum absolute atomic E-state index is 12.9. The quantitative estimate of drug-likeness (QED) is 0.613. The molecular formula is C22H21Cl2NO. The Morgan fingerprint density at radius 1 is 1.12 bits per heavy atom. The van der Waals surface area contributed by atoms with E-state index in [1.165, 1.54) is 11.1 Å². The Labute approximate surface area is 164 Å². The van der Waals surface area contributed by atoms with Crippen molar-refractivity contribution in [3.05, 3.63) is 81.0 Å². The first-order chi connectivity index (χ1) is 12.4. The van der Waals surface area contributed by atoms with Gasteiger partial charge < -0.3 is 4.90 Å². The standard InChI is InChI=1S/C22H21Cl2NO/c1-14(15-6-4-3-5-7-15)25-20-9-8-16-12-18(23)19(24)13-17(16)22(20,2)11-10-21(25)26/h3-7,9,12-14H,8,10-11H2,1-2H3/t14?,22-/m0/s1. The highest BCUT2D eigenvalue weighted by atomic mass is 35.5. The number of likely N-dealkylation sites (tertiary alicyclic amines) is 1. The number of benzene rings is 2. The maximum Gasteiger partial charge on any atom is 0.227 e. The molecule has 2 aromatic carbocycles. The second-order valence-corrected chi connectivity index (χ2v) is 8.21. The van der Waals surface area contributed by atoms with Crippen LogP contribution in [0.3, 0.4) is 0 Å². The van der Waals surface area contributed by atoms with Gasteiger partial charge in [-0.3, -0.25) is 4.79 Å². The van der Waals surface area contributed by atoms with Gasteiger partial charge in [0, 0.05) is 17.5 Å². The Hall–Kier alpha value is -1.77. The highest BCUT2D eigenvalue weighted by Crippen LogP contribution is 2.49. The van der Waals surface area contributed by atoms with Crippen LogP contribution in [0.5, 0.6) is 0 Å². The molecule has 2 aromatic rings. The molecule has 1 unspecified atom stereocenters. The first kappa shape index (κ1) is 17.6. The summed E-state index contributed by atoms with van der Waals surface area (Å²) in [4.78, 5) is 14.9. The third kappa shape index (κ3) is 2.67. The van der Waals surface area contributed by atoms with Gasteiger partial charge in [0.25, 0.3) is 0 Å². The lowest BCUT2D eigenvalue weighted by molar-refractivity contribution is -0.134. The molecule has 2 nitrogen and oxygen atoms in total. The summed E-state index contributed by atoms with van der Waals surface area (Å²) < 4.78 is 0. The molecule has 1 saturated heterocycles. The van der Waals surface area contributed by atoms with Crippen molar-refractivity contribution in [1.29, 1.82) is 0 Å². The van der Waals surface area contributed by atoms with Gasteiger partial charge in [-0.1, -0.05) is 59.6 Å². The van der Waals surface area contributed by atoms with Crippen LogP contribution in [0.2, 0.25) is 10.0 Å². The smallest absolute Gasteiger partial charge is 0.227 e. The van der Waals surface area contributed by atoms with Gasteiger partial charge in [0.05, 0.1) is 16.1 Å². The minimum absolute atomic E-state index is 0.00102. The van der Waals surface area contributed by atoms with Crippen LogP contribution >= 0.6 is 23.2 Å². The van der Waals surface area contributed by atoms with Crippen LogP contribution in [0.4, 0.5) is 0 Å². The van der Waals surface area contributed by atoms with Gasteiger partial charge in [0.2, 0.25) is 5.91 Å². The Balaban J connectivity index is 1.81. The van der Waals surface area contributed by atoms with E-state index in [9.17, 15) is 4.79 Å². The molecule has 0 spiro atoms. The van der Waals surface area contributed by atoms with Crippen LogP contribution in [-0.2, 0) is 16.6 Å². The van der Waals surface area contributed by atoms with Crippen molar-refractivity contribution in [2.45, 2.75) is 44.6 Å². The Bertz CT molecular complexity index is 906. The number of nitrogens with zero attached hydrogens (tertiary/aromatic N) is 1. The number of rotatable bonds is 2.